The number of amides is 1. The Morgan fingerprint density at radius 1 is 1.10 bits per heavy atom. The Labute approximate surface area is 167 Å². The molecule has 1 aromatic heterocycles. The number of methoxy groups -OCH3 is 1. The smallest absolute Gasteiger partial charge is 0.251 e. The van der Waals surface area contributed by atoms with E-state index in [1.54, 1.807) is 25.3 Å². The normalized spacial score (nSPS) is 10.9. The van der Waals surface area contributed by atoms with E-state index in [1.807, 2.05) is 47.9 Å². The van der Waals surface area contributed by atoms with Crippen molar-refractivity contribution < 1.29 is 13.9 Å². The molecule has 0 spiro atoms. The zero-order chi connectivity index (χ0) is 20.4. The van der Waals surface area contributed by atoms with E-state index in [0.29, 0.717) is 23.3 Å². The molecule has 5 nitrogen and oxygen atoms in total. The van der Waals surface area contributed by atoms with E-state index >= 15 is 0 Å². The average molecular weight is 389 g/mol. The summed E-state index contributed by atoms with van der Waals surface area (Å²) in [7, 11) is 1.60. The third-order valence-electron chi connectivity index (χ3n) is 4.78. The molecule has 0 aliphatic rings. The van der Waals surface area contributed by atoms with Crippen molar-refractivity contribution >= 4 is 16.9 Å². The molecule has 0 unspecified atom stereocenters. The Kier molecular flexibility index (Phi) is 4.99. The number of aromatic nitrogens is 2. The fraction of sp³-hybridized carbons (Fsp3) is 0.130. The second-order valence-electron chi connectivity index (χ2n) is 6.67. The van der Waals surface area contributed by atoms with E-state index in [1.165, 1.54) is 12.1 Å². The van der Waals surface area contributed by atoms with Crippen molar-refractivity contribution in [3.63, 3.8) is 0 Å². The van der Waals surface area contributed by atoms with E-state index < -0.39 is 0 Å². The summed E-state index contributed by atoms with van der Waals surface area (Å²) in [5, 5.41) is 2.91. The quantitative estimate of drug-likeness (QED) is 0.550. The summed E-state index contributed by atoms with van der Waals surface area (Å²) < 4.78 is 20.8. The van der Waals surface area contributed by atoms with E-state index in [-0.39, 0.29) is 11.7 Å². The highest BCUT2D eigenvalue weighted by Gasteiger charge is 2.13. The molecule has 0 aliphatic carbocycles. The maximum absolute atomic E-state index is 13.6. The minimum atomic E-state index is -0.309. The van der Waals surface area contributed by atoms with Crippen LogP contribution in [0, 0.1) is 12.7 Å². The maximum atomic E-state index is 13.6. The SMILES string of the molecule is COc1ccccc1CNC(=O)c1ccc2c(c1)nc(C)n2-c1cccc(F)c1. The number of nitrogens with zero attached hydrogens (tertiary/aromatic N) is 2. The second kappa shape index (κ2) is 7.75. The summed E-state index contributed by atoms with van der Waals surface area (Å²) in [6, 6.07) is 19.2. The number of halogens is 1. The molecule has 1 amide bonds. The van der Waals surface area contributed by atoms with Crippen LogP contribution in [0.3, 0.4) is 0 Å². The zero-order valence-corrected chi connectivity index (χ0v) is 16.1. The lowest BCUT2D eigenvalue weighted by atomic mass is 10.1. The number of fused-ring (bicyclic) bond motifs is 1. The van der Waals surface area contributed by atoms with Gasteiger partial charge in [-0.3, -0.25) is 9.36 Å². The molecule has 4 aromatic rings. The van der Waals surface area contributed by atoms with Crippen LogP contribution < -0.4 is 10.1 Å². The van der Waals surface area contributed by atoms with E-state index in [0.717, 1.165) is 22.7 Å². The number of nitrogens with one attached hydrogen (secondary N) is 1. The lowest BCUT2D eigenvalue weighted by molar-refractivity contribution is 0.0951. The summed E-state index contributed by atoms with van der Waals surface area (Å²) in [5.74, 6) is 0.941. The highest BCUT2D eigenvalue weighted by atomic mass is 19.1. The summed E-state index contributed by atoms with van der Waals surface area (Å²) in [6.07, 6.45) is 0. The van der Waals surface area contributed by atoms with Crippen LogP contribution in [0.15, 0.2) is 66.7 Å². The molecule has 0 bridgehead atoms. The van der Waals surface area contributed by atoms with Crippen molar-refractivity contribution in [1.29, 1.82) is 0 Å². The third kappa shape index (κ3) is 3.69. The number of carbonyl (C=O) groups excluding carboxylic acids is 1. The fourth-order valence-electron chi connectivity index (χ4n) is 3.41. The number of rotatable bonds is 5. The highest BCUT2D eigenvalue weighted by Crippen LogP contribution is 2.23. The molecule has 0 saturated carbocycles. The molecule has 146 valence electrons. The summed E-state index contributed by atoms with van der Waals surface area (Å²) in [6.45, 7) is 2.21. The lowest BCUT2D eigenvalue weighted by Crippen LogP contribution is -2.23. The topological polar surface area (TPSA) is 56.1 Å². The third-order valence-corrected chi connectivity index (χ3v) is 4.78. The molecule has 0 fully saturated rings. The van der Waals surface area contributed by atoms with Gasteiger partial charge in [0.2, 0.25) is 0 Å². The Bertz CT molecular complexity index is 1200. The van der Waals surface area contributed by atoms with Crippen molar-refractivity contribution in [3.8, 4) is 11.4 Å². The molecule has 1 heterocycles. The summed E-state index contributed by atoms with van der Waals surface area (Å²) in [4.78, 5) is 17.2. The zero-order valence-electron chi connectivity index (χ0n) is 16.1. The van der Waals surface area contributed by atoms with Crippen molar-refractivity contribution in [3.05, 3.63) is 89.5 Å². The van der Waals surface area contributed by atoms with Crippen molar-refractivity contribution in [2.45, 2.75) is 13.5 Å². The first-order valence-corrected chi connectivity index (χ1v) is 9.22. The number of ether oxygens (including phenoxy) is 1. The van der Waals surface area contributed by atoms with Gasteiger partial charge in [0, 0.05) is 17.7 Å². The maximum Gasteiger partial charge on any atom is 0.251 e. The molecule has 29 heavy (non-hydrogen) atoms. The van der Waals surface area contributed by atoms with Crippen LogP contribution in [0.2, 0.25) is 0 Å². The molecular formula is C23H20FN3O2. The van der Waals surface area contributed by atoms with E-state index in [2.05, 4.69) is 10.3 Å². The van der Waals surface area contributed by atoms with Gasteiger partial charge in [-0.15, -0.1) is 0 Å². The van der Waals surface area contributed by atoms with Crippen LogP contribution in [-0.4, -0.2) is 22.6 Å². The number of aryl methyl sites for hydroxylation is 1. The van der Waals surface area contributed by atoms with Gasteiger partial charge in [0.15, 0.2) is 0 Å². The molecule has 0 radical (unpaired) electrons. The molecule has 0 saturated heterocycles. The number of imidazole rings is 1. The monoisotopic (exact) mass is 389 g/mol. The number of hydrogen-bond donors (Lipinski definition) is 1. The van der Waals surface area contributed by atoms with Gasteiger partial charge in [0.1, 0.15) is 17.4 Å². The average Bonchev–Trinajstić information content (AvgIpc) is 3.07. The predicted octanol–water partition coefficient (Wildman–Crippen LogP) is 4.41. The fourth-order valence-corrected chi connectivity index (χ4v) is 3.41. The van der Waals surface area contributed by atoms with Gasteiger partial charge >= 0.3 is 0 Å². The molecule has 0 aliphatic heterocycles. The van der Waals surface area contributed by atoms with E-state index in [4.69, 9.17) is 4.74 Å². The molecule has 3 aromatic carbocycles. The first kappa shape index (κ1) is 18.7. The summed E-state index contributed by atoms with van der Waals surface area (Å²) in [5.41, 5.74) is 3.59. The molecule has 6 heteroatoms. The van der Waals surface area contributed by atoms with Gasteiger partial charge in [0.05, 0.1) is 23.8 Å². The van der Waals surface area contributed by atoms with Crippen molar-refractivity contribution in [1.82, 2.24) is 14.9 Å². The number of benzene rings is 3. The predicted molar refractivity (Wildman–Crippen MR) is 110 cm³/mol. The number of para-hydroxylation sites is 1. The molecular weight excluding hydrogens is 369 g/mol. The standard InChI is InChI=1S/C23H20FN3O2/c1-15-26-20-12-16(23(28)25-14-17-6-3-4-9-22(17)29-2)10-11-21(20)27(15)19-8-5-7-18(24)13-19/h3-13H,14H2,1-2H3,(H,25,28). The Balaban J connectivity index is 1.60. The van der Waals surface area contributed by atoms with Crippen molar-refractivity contribution in [2.24, 2.45) is 0 Å². The van der Waals surface area contributed by atoms with Crippen LogP contribution in [0.1, 0.15) is 21.7 Å². The van der Waals surface area contributed by atoms with Gasteiger partial charge in [-0.05, 0) is 49.4 Å². The van der Waals surface area contributed by atoms with Gasteiger partial charge < -0.3 is 10.1 Å². The molecule has 4 rings (SSSR count). The van der Waals surface area contributed by atoms with Gasteiger partial charge in [-0.25, -0.2) is 9.37 Å². The first-order chi connectivity index (χ1) is 14.1. The van der Waals surface area contributed by atoms with Crippen molar-refractivity contribution in [2.75, 3.05) is 7.11 Å². The Hall–Kier alpha value is -3.67. The van der Waals surface area contributed by atoms with Gasteiger partial charge in [0.25, 0.3) is 5.91 Å². The minimum absolute atomic E-state index is 0.198. The minimum Gasteiger partial charge on any atom is -0.496 e. The van der Waals surface area contributed by atoms with Crippen LogP contribution in [0.4, 0.5) is 4.39 Å². The second-order valence-corrected chi connectivity index (χ2v) is 6.67. The molecule has 0 atom stereocenters. The first-order valence-electron chi connectivity index (χ1n) is 9.22. The number of carbonyl (C=O) groups is 1. The highest BCUT2D eigenvalue weighted by molar-refractivity contribution is 5.97. The van der Waals surface area contributed by atoms with Crippen LogP contribution in [0.5, 0.6) is 5.75 Å². The number of hydrogen-bond acceptors (Lipinski definition) is 3. The molecule has 1 N–H and O–H groups in total. The van der Waals surface area contributed by atoms with Crippen LogP contribution in [0.25, 0.3) is 16.7 Å². The van der Waals surface area contributed by atoms with Gasteiger partial charge in [-0.1, -0.05) is 24.3 Å². The van der Waals surface area contributed by atoms with Crippen LogP contribution in [-0.2, 0) is 6.54 Å². The largest absolute Gasteiger partial charge is 0.496 e. The lowest BCUT2D eigenvalue weighted by Gasteiger charge is -2.10. The van der Waals surface area contributed by atoms with Crippen LogP contribution >= 0.6 is 0 Å². The summed E-state index contributed by atoms with van der Waals surface area (Å²) >= 11 is 0. The van der Waals surface area contributed by atoms with E-state index in [9.17, 15) is 9.18 Å². The Morgan fingerprint density at radius 2 is 1.93 bits per heavy atom. The Morgan fingerprint density at radius 3 is 2.72 bits per heavy atom. The van der Waals surface area contributed by atoms with Gasteiger partial charge in [-0.2, -0.15) is 0 Å².